The zero-order chi connectivity index (χ0) is 21.6. The van der Waals surface area contributed by atoms with E-state index < -0.39 is 5.82 Å². The van der Waals surface area contributed by atoms with E-state index in [4.69, 9.17) is 0 Å². The van der Waals surface area contributed by atoms with Gasteiger partial charge in [0.05, 0.1) is 11.7 Å². The highest BCUT2D eigenvalue weighted by Crippen LogP contribution is 2.31. The van der Waals surface area contributed by atoms with Crippen LogP contribution in [0, 0.1) is 17.6 Å². The summed E-state index contributed by atoms with van der Waals surface area (Å²) in [7, 11) is 0. The number of benzene rings is 2. The highest BCUT2D eigenvalue weighted by atomic mass is 19.1. The summed E-state index contributed by atoms with van der Waals surface area (Å²) in [4.78, 5) is 19.5. The molecule has 6 heteroatoms. The fraction of sp³-hybridized carbons (Fsp3) is 0.280. The Hall–Kier alpha value is -3.12. The molecule has 1 saturated heterocycles. The van der Waals surface area contributed by atoms with Crippen molar-refractivity contribution in [3.8, 4) is 0 Å². The van der Waals surface area contributed by atoms with E-state index in [1.807, 2.05) is 30.3 Å². The second-order valence-electron chi connectivity index (χ2n) is 7.92. The third-order valence-electron chi connectivity index (χ3n) is 5.84. The average molecular weight is 421 g/mol. The van der Waals surface area contributed by atoms with Gasteiger partial charge in [-0.3, -0.25) is 14.7 Å². The molecule has 31 heavy (non-hydrogen) atoms. The third-order valence-corrected chi connectivity index (χ3v) is 5.84. The second-order valence-corrected chi connectivity index (χ2v) is 7.92. The SMILES string of the molecule is O=C(NC(c1ccccn1)C1CCN(Cc2ccccc2F)CC1)c1cccc(F)c1. The van der Waals surface area contributed by atoms with E-state index in [2.05, 4.69) is 15.2 Å². The zero-order valence-corrected chi connectivity index (χ0v) is 17.2. The van der Waals surface area contributed by atoms with Crippen molar-refractivity contribution in [3.63, 3.8) is 0 Å². The molecule has 0 bridgehead atoms. The molecule has 1 atom stereocenters. The molecular weight excluding hydrogens is 396 g/mol. The number of likely N-dealkylation sites (tertiary alicyclic amines) is 1. The molecule has 1 N–H and O–H groups in total. The summed E-state index contributed by atoms with van der Waals surface area (Å²) in [6.45, 7) is 2.18. The minimum atomic E-state index is -0.441. The normalized spacial score (nSPS) is 16.1. The Balaban J connectivity index is 1.45. The standard InChI is InChI=1S/C25H25F2N3O/c26-21-8-5-7-19(16-21)25(31)29-24(23-10-3-4-13-28-23)18-11-14-30(15-12-18)17-20-6-1-2-9-22(20)27/h1-10,13,16,18,24H,11-12,14-15,17H2,(H,29,31). The van der Waals surface area contributed by atoms with E-state index in [0.29, 0.717) is 12.1 Å². The number of nitrogens with zero attached hydrogens (tertiary/aromatic N) is 2. The van der Waals surface area contributed by atoms with Crippen LogP contribution in [0.3, 0.4) is 0 Å². The quantitative estimate of drug-likeness (QED) is 0.625. The number of hydrogen-bond acceptors (Lipinski definition) is 3. The molecule has 1 amide bonds. The van der Waals surface area contributed by atoms with Gasteiger partial charge < -0.3 is 5.32 Å². The number of aromatic nitrogens is 1. The smallest absolute Gasteiger partial charge is 0.251 e. The van der Waals surface area contributed by atoms with Crippen LogP contribution in [0.1, 0.15) is 40.5 Å². The fourth-order valence-corrected chi connectivity index (χ4v) is 4.16. The predicted octanol–water partition coefficient (Wildman–Crippen LogP) is 4.74. The van der Waals surface area contributed by atoms with Crippen LogP contribution in [-0.2, 0) is 6.54 Å². The molecular formula is C25H25F2N3O. The second kappa shape index (κ2) is 9.79. The largest absolute Gasteiger partial charge is 0.343 e. The van der Waals surface area contributed by atoms with Crippen molar-refractivity contribution < 1.29 is 13.6 Å². The Morgan fingerprint density at radius 2 is 1.81 bits per heavy atom. The van der Waals surface area contributed by atoms with Crippen LogP contribution >= 0.6 is 0 Å². The Bertz CT molecular complexity index is 1020. The van der Waals surface area contributed by atoms with Crippen molar-refractivity contribution in [2.75, 3.05) is 13.1 Å². The molecule has 0 radical (unpaired) electrons. The van der Waals surface area contributed by atoms with Crippen molar-refractivity contribution in [1.29, 1.82) is 0 Å². The monoisotopic (exact) mass is 421 g/mol. The molecule has 2 heterocycles. The molecule has 160 valence electrons. The van der Waals surface area contributed by atoms with Crippen molar-refractivity contribution in [2.45, 2.75) is 25.4 Å². The molecule has 4 nitrogen and oxygen atoms in total. The summed E-state index contributed by atoms with van der Waals surface area (Å²) in [5.74, 6) is -0.755. The van der Waals surface area contributed by atoms with Gasteiger partial charge in [0.1, 0.15) is 11.6 Å². The number of carbonyl (C=O) groups is 1. The van der Waals surface area contributed by atoms with Crippen LogP contribution in [0.4, 0.5) is 8.78 Å². The number of hydrogen-bond donors (Lipinski definition) is 1. The van der Waals surface area contributed by atoms with Crippen molar-refractivity contribution in [2.24, 2.45) is 5.92 Å². The number of rotatable bonds is 6. The highest BCUT2D eigenvalue weighted by molar-refractivity contribution is 5.94. The van der Waals surface area contributed by atoms with Gasteiger partial charge in [0, 0.05) is 23.9 Å². The lowest BCUT2D eigenvalue weighted by atomic mass is 9.87. The summed E-state index contributed by atoms with van der Waals surface area (Å²) in [6.07, 6.45) is 3.40. The van der Waals surface area contributed by atoms with Gasteiger partial charge in [0.25, 0.3) is 5.91 Å². The molecule has 1 fully saturated rings. The lowest BCUT2D eigenvalue weighted by Crippen LogP contribution is -2.41. The maximum Gasteiger partial charge on any atom is 0.251 e. The van der Waals surface area contributed by atoms with Gasteiger partial charge in [-0.2, -0.15) is 0 Å². The molecule has 0 saturated carbocycles. The van der Waals surface area contributed by atoms with Crippen LogP contribution in [-0.4, -0.2) is 28.9 Å². The minimum absolute atomic E-state index is 0.182. The summed E-state index contributed by atoms with van der Waals surface area (Å²) >= 11 is 0. The van der Waals surface area contributed by atoms with Gasteiger partial charge in [-0.25, -0.2) is 8.78 Å². The van der Waals surface area contributed by atoms with Crippen LogP contribution < -0.4 is 5.32 Å². The Labute approximate surface area is 180 Å². The highest BCUT2D eigenvalue weighted by Gasteiger charge is 2.30. The van der Waals surface area contributed by atoms with E-state index >= 15 is 0 Å². The summed E-state index contributed by atoms with van der Waals surface area (Å²) in [5.41, 5.74) is 1.78. The minimum Gasteiger partial charge on any atom is -0.343 e. The molecule has 1 aromatic heterocycles. The van der Waals surface area contributed by atoms with Crippen molar-refractivity contribution in [3.05, 3.63) is 101 Å². The van der Waals surface area contributed by atoms with Gasteiger partial charge in [-0.15, -0.1) is 0 Å². The number of pyridine rings is 1. The molecule has 4 rings (SSSR count). The van der Waals surface area contributed by atoms with E-state index in [1.165, 1.54) is 24.3 Å². The number of nitrogens with one attached hydrogen (secondary N) is 1. The number of halogens is 2. The number of amides is 1. The van der Waals surface area contributed by atoms with Crippen LogP contribution in [0.2, 0.25) is 0 Å². The lowest BCUT2D eigenvalue weighted by molar-refractivity contribution is 0.0887. The topological polar surface area (TPSA) is 45.2 Å². The van der Waals surface area contributed by atoms with Gasteiger partial charge in [-0.05, 0) is 68.2 Å². The predicted molar refractivity (Wildman–Crippen MR) is 115 cm³/mol. The van der Waals surface area contributed by atoms with E-state index in [0.717, 1.165) is 31.6 Å². The molecule has 1 aliphatic rings. The molecule has 0 aliphatic carbocycles. The summed E-state index contributed by atoms with van der Waals surface area (Å²) < 4.78 is 27.6. The molecule has 3 aromatic rings. The van der Waals surface area contributed by atoms with E-state index in [9.17, 15) is 13.6 Å². The lowest BCUT2D eigenvalue weighted by Gasteiger charge is -2.36. The fourth-order valence-electron chi connectivity index (χ4n) is 4.16. The third kappa shape index (κ3) is 5.33. The molecule has 2 aromatic carbocycles. The number of piperidine rings is 1. The van der Waals surface area contributed by atoms with Gasteiger partial charge in [-0.1, -0.05) is 30.3 Å². The maximum absolute atomic E-state index is 14.0. The van der Waals surface area contributed by atoms with Crippen molar-refractivity contribution in [1.82, 2.24) is 15.2 Å². The molecule has 0 spiro atoms. The van der Waals surface area contributed by atoms with E-state index in [1.54, 1.807) is 18.3 Å². The first-order chi connectivity index (χ1) is 15.1. The van der Waals surface area contributed by atoms with E-state index in [-0.39, 0.29) is 29.2 Å². The maximum atomic E-state index is 14.0. The van der Waals surface area contributed by atoms with Crippen LogP contribution in [0.15, 0.2) is 72.9 Å². The van der Waals surface area contributed by atoms with Crippen LogP contribution in [0.25, 0.3) is 0 Å². The molecule has 1 aliphatic heterocycles. The first kappa shape index (κ1) is 21.1. The first-order valence-corrected chi connectivity index (χ1v) is 10.5. The average Bonchev–Trinajstić information content (AvgIpc) is 2.80. The Kier molecular flexibility index (Phi) is 6.67. The molecule has 1 unspecified atom stereocenters. The van der Waals surface area contributed by atoms with Gasteiger partial charge in [0.2, 0.25) is 0 Å². The number of carbonyl (C=O) groups excluding carboxylic acids is 1. The zero-order valence-electron chi connectivity index (χ0n) is 17.2. The Morgan fingerprint density at radius 1 is 1.03 bits per heavy atom. The first-order valence-electron chi connectivity index (χ1n) is 10.5. The summed E-state index contributed by atoms with van der Waals surface area (Å²) in [5, 5.41) is 3.07. The Morgan fingerprint density at radius 3 is 2.52 bits per heavy atom. The summed E-state index contributed by atoms with van der Waals surface area (Å²) in [6, 6.07) is 17.9. The van der Waals surface area contributed by atoms with Crippen molar-refractivity contribution >= 4 is 5.91 Å². The van der Waals surface area contributed by atoms with Gasteiger partial charge >= 0.3 is 0 Å². The van der Waals surface area contributed by atoms with Crippen LogP contribution in [0.5, 0.6) is 0 Å². The van der Waals surface area contributed by atoms with Gasteiger partial charge in [0.15, 0.2) is 0 Å².